The zero-order valence-corrected chi connectivity index (χ0v) is 10.5. The summed E-state index contributed by atoms with van der Waals surface area (Å²) >= 11 is 1.24. The molecule has 15 heavy (non-hydrogen) atoms. The minimum absolute atomic E-state index is 0.244. The van der Waals surface area contributed by atoms with E-state index < -0.39 is 10.0 Å². The van der Waals surface area contributed by atoms with Crippen LogP contribution in [0.4, 0.5) is 0 Å². The van der Waals surface area contributed by atoms with Gasteiger partial charge in [-0.3, -0.25) is 0 Å². The van der Waals surface area contributed by atoms with Crippen LogP contribution in [0.3, 0.4) is 0 Å². The van der Waals surface area contributed by atoms with Gasteiger partial charge in [-0.1, -0.05) is 6.92 Å². The quantitative estimate of drug-likeness (QED) is 0.769. The van der Waals surface area contributed by atoms with Crippen molar-refractivity contribution in [1.29, 1.82) is 0 Å². The molecule has 0 amide bonds. The number of primary sulfonamides is 1. The van der Waals surface area contributed by atoms with Gasteiger partial charge in [0.05, 0.1) is 0 Å². The van der Waals surface area contributed by atoms with Gasteiger partial charge in [-0.25, -0.2) is 13.6 Å². The molecule has 0 radical (unpaired) electrons. The lowest BCUT2D eigenvalue weighted by Crippen LogP contribution is -2.13. The SMILES string of the molecule is CCCNCc1sc(S(N)(=O)=O)cc1C. The van der Waals surface area contributed by atoms with E-state index in [4.69, 9.17) is 5.14 Å². The van der Waals surface area contributed by atoms with Crippen molar-refractivity contribution in [2.24, 2.45) is 5.14 Å². The molecule has 0 spiro atoms. The molecule has 0 saturated carbocycles. The lowest BCUT2D eigenvalue weighted by molar-refractivity contribution is 0.599. The highest BCUT2D eigenvalue weighted by Gasteiger charge is 2.13. The summed E-state index contributed by atoms with van der Waals surface area (Å²) < 4.78 is 22.4. The first-order valence-corrected chi connectivity index (χ1v) is 7.14. The van der Waals surface area contributed by atoms with E-state index in [9.17, 15) is 8.42 Å². The van der Waals surface area contributed by atoms with Crippen LogP contribution in [-0.4, -0.2) is 15.0 Å². The highest BCUT2D eigenvalue weighted by atomic mass is 32.2. The number of nitrogens with two attached hydrogens (primary N) is 1. The first kappa shape index (κ1) is 12.6. The fourth-order valence-electron chi connectivity index (χ4n) is 1.18. The third-order valence-electron chi connectivity index (χ3n) is 1.99. The Hall–Kier alpha value is -0.430. The smallest absolute Gasteiger partial charge is 0.247 e. The average molecular weight is 248 g/mol. The van der Waals surface area contributed by atoms with Gasteiger partial charge in [-0.05, 0) is 31.5 Å². The largest absolute Gasteiger partial charge is 0.312 e. The van der Waals surface area contributed by atoms with Gasteiger partial charge in [-0.2, -0.15) is 0 Å². The summed E-state index contributed by atoms with van der Waals surface area (Å²) in [6.07, 6.45) is 1.06. The van der Waals surface area contributed by atoms with E-state index in [0.717, 1.165) is 23.4 Å². The Morgan fingerprint density at radius 2 is 2.20 bits per heavy atom. The van der Waals surface area contributed by atoms with Crippen molar-refractivity contribution in [2.45, 2.75) is 31.0 Å². The number of sulfonamides is 1. The van der Waals surface area contributed by atoms with Crippen molar-refractivity contribution >= 4 is 21.4 Å². The fraction of sp³-hybridized carbons (Fsp3) is 0.556. The molecule has 0 fully saturated rings. The summed E-state index contributed by atoms with van der Waals surface area (Å²) in [5.41, 5.74) is 0.979. The molecular formula is C9H16N2O2S2. The Kier molecular flexibility index (Phi) is 4.27. The Balaban J connectivity index is 2.78. The molecule has 3 N–H and O–H groups in total. The molecule has 4 nitrogen and oxygen atoms in total. The van der Waals surface area contributed by atoms with Gasteiger partial charge in [0, 0.05) is 11.4 Å². The molecule has 1 aromatic heterocycles. The van der Waals surface area contributed by atoms with Gasteiger partial charge >= 0.3 is 0 Å². The third kappa shape index (κ3) is 3.57. The number of hydrogen-bond acceptors (Lipinski definition) is 4. The number of rotatable bonds is 5. The molecule has 0 bridgehead atoms. The van der Waals surface area contributed by atoms with Gasteiger partial charge in [0.15, 0.2) is 0 Å². The highest BCUT2D eigenvalue weighted by molar-refractivity contribution is 7.91. The molecule has 6 heteroatoms. The van der Waals surface area contributed by atoms with Crippen LogP contribution in [-0.2, 0) is 16.6 Å². The summed E-state index contributed by atoms with van der Waals surface area (Å²) in [6.45, 7) is 5.63. The first-order chi connectivity index (χ1) is 6.95. The van der Waals surface area contributed by atoms with Crippen LogP contribution in [0.15, 0.2) is 10.3 Å². The second-order valence-corrected chi connectivity index (χ2v) is 6.32. The number of thiophene rings is 1. The first-order valence-electron chi connectivity index (χ1n) is 4.78. The second kappa shape index (κ2) is 5.07. The van der Waals surface area contributed by atoms with Gasteiger partial charge in [0.2, 0.25) is 10.0 Å². The molecule has 0 saturated heterocycles. The van der Waals surface area contributed by atoms with Crippen molar-refractivity contribution in [2.75, 3.05) is 6.54 Å². The molecule has 0 atom stereocenters. The van der Waals surface area contributed by atoms with E-state index >= 15 is 0 Å². The predicted octanol–water partition coefficient (Wildman–Crippen LogP) is 1.20. The van der Waals surface area contributed by atoms with Crippen LogP contribution in [0.2, 0.25) is 0 Å². The summed E-state index contributed by atoms with van der Waals surface area (Å²) in [5.74, 6) is 0. The molecule has 0 aromatic carbocycles. The highest BCUT2D eigenvalue weighted by Crippen LogP contribution is 2.24. The van der Waals surface area contributed by atoms with Gasteiger partial charge < -0.3 is 5.32 Å². The molecule has 1 rings (SSSR count). The standard InChI is InChI=1S/C9H16N2O2S2/c1-3-4-11-6-8-7(2)5-9(14-8)15(10,12)13/h5,11H,3-4,6H2,1-2H3,(H2,10,12,13). The Bertz CT molecular complexity index is 423. The predicted molar refractivity (Wildman–Crippen MR) is 62.4 cm³/mol. The molecular weight excluding hydrogens is 232 g/mol. The van der Waals surface area contributed by atoms with Crippen LogP contribution in [0.25, 0.3) is 0 Å². The van der Waals surface area contributed by atoms with Crippen LogP contribution in [0, 0.1) is 6.92 Å². The Morgan fingerprint density at radius 3 is 2.67 bits per heavy atom. The molecule has 1 heterocycles. The Labute approximate surface area is 94.5 Å². The average Bonchev–Trinajstić information content (AvgIpc) is 2.48. The zero-order chi connectivity index (χ0) is 11.5. The topological polar surface area (TPSA) is 72.2 Å². The molecule has 0 aliphatic heterocycles. The second-order valence-electron chi connectivity index (χ2n) is 3.39. The van der Waals surface area contributed by atoms with Crippen molar-refractivity contribution < 1.29 is 8.42 Å². The molecule has 0 unspecified atom stereocenters. The van der Waals surface area contributed by atoms with Crippen molar-refractivity contribution in [3.05, 3.63) is 16.5 Å². The maximum absolute atomic E-state index is 11.1. The zero-order valence-electron chi connectivity index (χ0n) is 8.91. The van der Waals surface area contributed by atoms with Crippen LogP contribution >= 0.6 is 11.3 Å². The molecule has 0 aliphatic rings. The fourth-order valence-corrected chi connectivity index (χ4v) is 3.16. The van der Waals surface area contributed by atoms with Crippen LogP contribution in [0.5, 0.6) is 0 Å². The maximum atomic E-state index is 11.1. The number of hydrogen-bond donors (Lipinski definition) is 2. The normalized spacial score (nSPS) is 11.9. The van der Waals surface area contributed by atoms with E-state index in [0.29, 0.717) is 6.54 Å². The number of nitrogens with one attached hydrogen (secondary N) is 1. The van der Waals surface area contributed by atoms with Gasteiger partial charge in [0.1, 0.15) is 4.21 Å². The van der Waals surface area contributed by atoms with Gasteiger partial charge in [-0.15, -0.1) is 11.3 Å². The lowest BCUT2D eigenvalue weighted by Gasteiger charge is -2.00. The minimum Gasteiger partial charge on any atom is -0.312 e. The summed E-state index contributed by atoms with van der Waals surface area (Å²) in [7, 11) is -3.54. The van der Waals surface area contributed by atoms with E-state index in [2.05, 4.69) is 12.2 Å². The Morgan fingerprint density at radius 1 is 1.53 bits per heavy atom. The van der Waals surface area contributed by atoms with Crippen molar-refractivity contribution in [3.8, 4) is 0 Å². The van der Waals surface area contributed by atoms with E-state index in [-0.39, 0.29) is 4.21 Å². The summed E-state index contributed by atoms with van der Waals surface area (Å²) in [5, 5.41) is 8.29. The lowest BCUT2D eigenvalue weighted by atomic mass is 10.3. The van der Waals surface area contributed by atoms with Crippen LogP contribution < -0.4 is 10.5 Å². The molecule has 86 valence electrons. The van der Waals surface area contributed by atoms with Gasteiger partial charge in [0.25, 0.3) is 0 Å². The molecule has 1 aromatic rings. The monoisotopic (exact) mass is 248 g/mol. The minimum atomic E-state index is -3.54. The molecule has 0 aliphatic carbocycles. The number of aryl methyl sites for hydroxylation is 1. The van der Waals surface area contributed by atoms with E-state index in [1.54, 1.807) is 6.07 Å². The van der Waals surface area contributed by atoms with Crippen molar-refractivity contribution in [3.63, 3.8) is 0 Å². The maximum Gasteiger partial charge on any atom is 0.247 e. The third-order valence-corrected chi connectivity index (χ3v) is 4.65. The van der Waals surface area contributed by atoms with Crippen molar-refractivity contribution in [1.82, 2.24) is 5.32 Å². The summed E-state index contributed by atoms with van der Waals surface area (Å²) in [6, 6.07) is 1.63. The summed E-state index contributed by atoms with van der Waals surface area (Å²) in [4.78, 5) is 1.03. The van der Waals surface area contributed by atoms with Crippen LogP contribution in [0.1, 0.15) is 23.8 Å². The van der Waals surface area contributed by atoms with E-state index in [1.807, 2.05) is 6.92 Å². The van der Waals surface area contributed by atoms with E-state index in [1.165, 1.54) is 11.3 Å².